The molecule has 0 atom stereocenters. The molecular weight excluding hydrogens is 330 g/mol. The molecule has 0 N–H and O–H groups in total. The van der Waals surface area contributed by atoms with Crippen LogP contribution in [0.5, 0.6) is 11.5 Å². The Morgan fingerprint density at radius 2 is 1.52 bits per heavy atom. The summed E-state index contributed by atoms with van der Waals surface area (Å²) in [4.78, 5) is 4.43. The lowest BCUT2D eigenvalue weighted by molar-refractivity contribution is 0.356. The summed E-state index contributed by atoms with van der Waals surface area (Å²) in [6.45, 7) is 0. The largest absolute Gasteiger partial charge is 0.493 e. The predicted octanol–water partition coefficient (Wildman–Crippen LogP) is 4.68. The van der Waals surface area contributed by atoms with Gasteiger partial charge in [0.2, 0.25) is 0 Å². The summed E-state index contributed by atoms with van der Waals surface area (Å²) < 4.78 is 11.6. The number of fused-ring (bicyclic) bond motifs is 1. The molecule has 0 amide bonds. The smallest absolute Gasteiger partial charge is 0.161 e. The van der Waals surface area contributed by atoms with Crippen molar-refractivity contribution < 1.29 is 9.47 Å². The number of hydrogen-bond donors (Lipinski definition) is 0. The minimum atomic E-state index is 0.692. The van der Waals surface area contributed by atoms with Crippen molar-refractivity contribution in [3.05, 3.63) is 53.3 Å². The third kappa shape index (κ3) is 2.47. The molecular formula is C17H14BrNO2. The molecule has 0 saturated heterocycles. The van der Waals surface area contributed by atoms with Crippen LogP contribution in [-0.2, 0) is 0 Å². The fraction of sp³-hybridized carbons (Fsp3) is 0.118. The number of nitrogens with zero attached hydrogens (tertiary/aromatic N) is 1. The van der Waals surface area contributed by atoms with Gasteiger partial charge in [-0.2, -0.15) is 0 Å². The summed E-state index contributed by atoms with van der Waals surface area (Å²) in [6, 6.07) is 14.1. The number of pyridine rings is 1. The maximum absolute atomic E-state index is 5.41. The standard InChI is InChI=1S/C17H14BrNO2/c1-20-15-8-12-13(9-16(15)21-2)17(18)19-10-14(12)11-6-4-3-5-7-11/h3-10H,1-2H3. The van der Waals surface area contributed by atoms with Gasteiger partial charge in [0.05, 0.1) is 14.2 Å². The van der Waals surface area contributed by atoms with Crippen molar-refractivity contribution in [3.8, 4) is 22.6 Å². The molecule has 0 spiro atoms. The highest BCUT2D eigenvalue weighted by Crippen LogP contribution is 2.39. The molecule has 106 valence electrons. The van der Waals surface area contributed by atoms with Gasteiger partial charge in [0.25, 0.3) is 0 Å². The van der Waals surface area contributed by atoms with Crippen molar-refractivity contribution in [2.24, 2.45) is 0 Å². The van der Waals surface area contributed by atoms with E-state index in [1.165, 1.54) is 0 Å². The number of hydrogen-bond acceptors (Lipinski definition) is 3. The number of rotatable bonds is 3. The van der Waals surface area contributed by atoms with Crippen LogP contribution in [0.4, 0.5) is 0 Å². The van der Waals surface area contributed by atoms with Crippen LogP contribution >= 0.6 is 15.9 Å². The number of methoxy groups -OCH3 is 2. The zero-order valence-corrected chi connectivity index (χ0v) is 13.3. The maximum Gasteiger partial charge on any atom is 0.161 e. The summed E-state index contributed by atoms with van der Waals surface area (Å²) in [6.07, 6.45) is 1.87. The van der Waals surface area contributed by atoms with E-state index in [4.69, 9.17) is 9.47 Å². The topological polar surface area (TPSA) is 31.4 Å². The van der Waals surface area contributed by atoms with Crippen LogP contribution in [0.2, 0.25) is 0 Å². The minimum Gasteiger partial charge on any atom is -0.493 e. The third-order valence-corrected chi connectivity index (χ3v) is 4.06. The molecule has 0 fully saturated rings. The van der Waals surface area contributed by atoms with Crippen molar-refractivity contribution in [1.29, 1.82) is 0 Å². The molecule has 0 saturated carbocycles. The second-order valence-electron chi connectivity index (χ2n) is 4.58. The second-order valence-corrected chi connectivity index (χ2v) is 5.33. The molecule has 2 aromatic carbocycles. The molecule has 0 aliphatic rings. The van der Waals surface area contributed by atoms with Crippen molar-refractivity contribution in [2.45, 2.75) is 0 Å². The van der Waals surface area contributed by atoms with E-state index >= 15 is 0 Å². The van der Waals surface area contributed by atoms with Crippen LogP contribution in [0, 0.1) is 0 Å². The lowest BCUT2D eigenvalue weighted by atomic mass is 10.0. The monoisotopic (exact) mass is 343 g/mol. The molecule has 0 unspecified atom stereocenters. The Labute approximate surface area is 131 Å². The van der Waals surface area contributed by atoms with Gasteiger partial charge in [-0.05, 0) is 39.0 Å². The molecule has 0 bridgehead atoms. The van der Waals surface area contributed by atoms with Gasteiger partial charge >= 0.3 is 0 Å². The van der Waals surface area contributed by atoms with Gasteiger partial charge in [0.1, 0.15) is 4.60 Å². The molecule has 1 heterocycles. The molecule has 3 aromatic rings. The Morgan fingerprint density at radius 1 is 0.905 bits per heavy atom. The first-order valence-electron chi connectivity index (χ1n) is 6.50. The van der Waals surface area contributed by atoms with Crippen molar-refractivity contribution >= 4 is 26.7 Å². The summed E-state index contributed by atoms with van der Waals surface area (Å²) in [5.41, 5.74) is 2.18. The Kier molecular flexibility index (Phi) is 3.80. The van der Waals surface area contributed by atoms with E-state index in [0.29, 0.717) is 11.5 Å². The highest BCUT2D eigenvalue weighted by molar-refractivity contribution is 9.10. The second kappa shape index (κ2) is 5.74. The first-order valence-corrected chi connectivity index (χ1v) is 7.29. The van der Waals surface area contributed by atoms with E-state index in [2.05, 4.69) is 33.0 Å². The van der Waals surface area contributed by atoms with E-state index in [1.54, 1.807) is 14.2 Å². The Bertz CT molecular complexity index is 788. The molecule has 4 heteroatoms. The quantitative estimate of drug-likeness (QED) is 0.647. The van der Waals surface area contributed by atoms with Crippen LogP contribution in [0.25, 0.3) is 21.9 Å². The zero-order valence-electron chi connectivity index (χ0n) is 11.8. The summed E-state index contributed by atoms with van der Waals surface area (Å²) >= 11 is 3.51. The lowest BCUT2D eigenvalue weighted by Crippen LogP contribution is -1.93. The fourth-order valence-corrected chi connectivity index (χ4v) is 2.81. The molecule has 0 radical (unpaired) electrons. The van der Waals surface area contributed by atoms with Crippen LogP contribution in [0.1, 0.15) is 0 Å². The Hall–Kier alpha value is -2.07. The number of aromatic nitrogens is 1. The van der Waals surface area contributed by atoms with E-state index in [0.717, 1.165) is 26.5 Å². The van der Waals surface area contributed by atoms with Gasteiger partial charge in [-0.1, -0.05) is 30.3 Å². The van der Waals surface area contributed by atoms with Gasteiger partial charge in [0.15, 0.2) is 11.5 Å². The van der Waals surface area contributed by atoms with Crippen LogP contribution in [0.3, 0.4) is 0 Å². The van der Waals surface area contributed by atoms with Crippen molar-refractivity contribution in [1.82, 2.24) is 4.98 Å². The van der Waals surface area contributed by atoms with E-state index < -0.39 is 0 Å². The van der Waals surface area contributed by atoms with E-state index in [-0.39, 0.29) is 0 Å². The SMILES string of the molecule is COc1cc2c(-c3ccccc3)cnc(Br)c2cc1OC. The van der Waals surface area contributed by atoms with Gasteiger partial charge in [-0.25, -0.2) is 4.98 Å². The minimum absolute atomic E-state index is 0.692. The molecule has 0 aliphatic heterocycles. The lowest BCUT2D eigenvalue weighted by Gasteiger charge is -2.13. The highest BCUT2D eigenvalue weighted by Gasteiger charge is 2.13. The Balaban J connectivity index is 2.35. The molecule has 3 rings (SSSR count). The van der Waals surface area contributed by atoms with E-state index in [1.807, 2.05) is 36.5 Å². The maximum atomic E-state index is 5.41. The number of benzene rings is 2. The highest BCUT2D eigenvalue weighted by atomic mass is 79.9. The summed E-state index contributed by atoms with van der Waals surface area (Å²) in [5.74, 6) is 1.40. The fourth-order valence-electron chi connectivity index (χ4n) is 2.38. The first kappa shape index (κ1) is 13.9. The third-order valence-electron chi connectivity index (χ3n) is 3.43. The van der Waals surface area contributed by atoms with Gasteiger partial charge < -0.3 is 9.47 Å². The molecule has 21 heavy (non-hydrogen) atoms. The van der Waals surface area contributed by atoms with Crippen LogP contribution < -0.4 is 9.47 Å². The Morgan fingerprint density at radius 3 is 2.14 bits per heavy atom. The summed E-state index contributed by atoms with van der Waals surface area (Å²) in [7, 11) is 3.27. The predicted molar refractivity (Wildman–Crippen MR) is 88.0 cm³/mol. The van der Waals surface area contributed by atoms with Gasteiger partial charge in [-0.3, -0.25) is 0 Å². The normalized spacial score (nSPS) is 10.6. The van der Waals surface area contributed by atoms with Crippen molar-refractivity contribution in [3.63, 3.8) is 0 Å². The van der Waals surface area contributed by atoms with Crippen LogP contribution in [0.15, 0.2) is 53.3 Å². The van der Waals surface area contributed by atoms with Crippen LogP contribution in [-0.4, -0.2) is 19.2 Å². The zero-order chi connectivity index (χ0) is 14.8. The molecule has 1 aromatic heterocycles. The number of halogens is 1. The summed E-state index contributed by atoms with van der Waals surface area (Å²) in [5, 5.41) is 2.06. The number of ether oxygens (including phenoxy) is 2. The first-order chi connectivity index (χ1) is 10.2. The van der Waals surface area contributed by atoms with E-state index in [9.17, 15) is 0 Å². The average molecular weight is 344 g/mol. The van der Waals surface area contributed by atoms with Gasteiger partial charge in [-0.15, -0.1) is 0 Å². The molecule has 3 nitrogen and oxygen atoms in total. The van der Waals surface area contributed by atoms with Crippen molar-refractivity contribution in [2.75, 3.05) is 14.2 Å². The van der Waals surface area contributed by atoms with Gasteiger partial charge in [0, 0.05) is 17.1 Å². The average Bonchev–Trinajstić information content (AvgIpc) is 2.55. The molecule has 0 aliphatic carbocycles.